The van der Waals surface area contributed by atoms with Gasteiger partial charge in [0.2, 0.25) is 15.9 Å². The van der Waals surface area contributed by atoms with Gasteiger partial charge < -0.3 is 20.5 Å². The predicted molar refractivity (Wildman–Crippen MR) is 108 cm³/mol. The van der Waals surface area contributed by atoms with Gasteiger partial charge in [0.1, 0.15) is 11.4 Å². The number of ether oxygens (including phenoxy) is 1. The van der Waals surface area contributed by atoms with E-state index in [0.717, 1.165) is 19.3 Å². The number of aromatic hydroxyl groups is 1. The average Bonchev–Trinajstić information content (AvgIpc) is 2.62. The van der Waals surface area contributed by atoms with E-state index in [9.17, 15) is 23.1 Å². The molecule has 0 aromatic heterocycles. The number of phenolic OH excluding ortho intramolecular Hbond substituents is 1. The molecule has 1 aliphatic rings. The van der Waals surface area contributed by atoms with Crippen LogP contribution < -0.4 is 10.6 Å². The summed E-state index contributed by atoms with van der Waals surface area (Å²) < 4.78 is 32.0. The van der Waals surface area contributed by atoms with Crippen molar-refractivity contribution in [2.75, 3.05) is 25.0 Å². The van der Waals surface area contributed by atoms with E-state index in [2.05, 4.69) is 10.6 Å². The number of carbonyl (C=O) groups is 2. The van der Waals surface area contributed by atoms with Gasteiger partial charge in [-0.3, -0.25) is 4.79 Å². The van der Waals surface area contributed by atoms with Crippen molar-refractivity contribution < 1.29 is 27.9 Å². The van der Waals surface area contributed by atoms with Gasteiger partial charge in [-0.2, -0.15) is 4.31 Å². The number of carbonyl (C=O) groups excluding carboxylic acids is 2. The zero-order chi connectivity index (χ0) is 21.7. The fourth-order valence-corrected chi connectivity index (χ4v) is 4.38. The quantitative estimate of drug-likeness (QED) is 0.599. The molecule has 1 heterocycles. The number of hydrogen-bond acceptors (Lipinski definition) is 6. The second-order valence-electron chi connectivity index (χ2n) is 7.87. The van der Waals surface area contributed by atoms with E-state index in [4.69, 9.17) is 4.74 Å². The van der Waals surface area contributed by atoms with Crippen molar-refractivity contribution in [1.29, 1.82) is 0 Å². The standard InChI is InChI=1S/C19H29N3O6S/c1-19(2,3)28-18(25)20-10-9-17(24)21-15-13-14(7-8-16(15)23)29(26,27)22-11-5-4-6-12-22/h7-8,13,23H,4-6,9-12H2,1-3H3,(H,20,25)(H,21,24). The van der Waals surface area contributed by atoms with Gasteiger partial charge in [0.05, 0.1) is 10.6 Å². The summed E-state index contributed by atoms with van der Waals surface area (Å²) in [6, 6.07) is 3.81. The maximum absolute atomic E-state index is 12.8. The molecule has 0 unspecified atom stereocenters. The van der Waals surface area contributed by atoms with Gasteiger partial charge in [-0.25, -0.2) is 13.2 Å². The Bertz CT molecular complexity index is 842. The van der Waals surface area contributed by atoms with E-state index in [0.29, 0.717) is 13.1 Å². The molecule has 2 rings (SSSR count). The molecule has 9 nitrogen and oxygen atoms in total. The summed E-state index contributed by atoms with van der Waals surface area (Å²) in [6.07, 6.45) is 1.92. The molecule has 2 amide bonds. The summed E-state index contributed by atoms with van der Waals surface area (Å²) in [4.78, 5) is 23.7. The summed E-state index contributed by atoms with van der Waals surface area (Å²) >= 11 is 0. The van der Waals surface area contributed by atoms with E-state index < -0.39 is 27.6 Å². The Morgan fingerprint density at radius 2 is 1.83 bits per heavy atom. The van der Waals surface area contributed by atoms with E-state index in [-0.39, 0.29) is 29.3 Å². The Morgan fingerprint density at radius 1 is 1.17 bits per heavy atom. The summed E-state index contributed by atoms with van der Waals surface area (Å²) in [5, 5.41) is 14.9. The van der Waals surface area contributed by atoms with Crippen LogP contribution in [0.25, 0.3) is 0 Å². The lowest BCUT2D eigenvalue weighted by molar-refractivity contribution is -0.116. The number of sulfonamides is 1. The fraction of sp³-hybridized carbons (Fsp3) is 0.579. The van der Waals surface area contributed by atoms with Gasteiger partial charge in [0.25, 0.3) is 0 Å². The van der Waals surface area contributed by atoms with Crippen LogP contribution >= 0.6 is 0 Å². The van der Waals surface area contributed by atoms with Gasteiger partial charge in [-0.1, -0.05) is 6.42 Å². The van der Waals surface area contributed by atoms with Crippen molar-refractivity contribution in [2.24, 2.45) is 0 Å². The van der Waals surface area contributed by atoms with Crippen molar-refractivity contribution in [3.8, 4) is 5.75 Å². The summed E-state index contributed by atoms with van der Waals surface area (Å²) in [7, 11) is -3.69. The molecule has 0 saturated carbocycles. The molecule has 1 aromatic rings. The Labute approximate surface area is 171 Å². The lowest BCUT2D eigenvalue weighted by Gasteiger charge is -2.26. The van der Waals surface area contributed by atoms with E-state index in [1.807, 2.05) is 0 Å². The number of hydrogen-bond donors (Lipinski definition) is 3. The number of nitrogens with one attached hydrogen (secondary N) is 2. The van der Waals surface area contributed by atoms with Crippen LogP contribution in [-0.2, 0) is 19.6 Å². The number of nitrogens with zero attached hydrogens (tertiary/aromatic N) is 1. The number of phenols is 1. The predicted octanol–water partition coefficient (Wildman–Crippen LogP) is 2.42. The fourth-order valence-electron chi connectivity index (χ4n) is 2.84. The second-order valence-corrected chi connectivity index (χ2v) is 9.81. The smallest absolute Gasteiger partial charge is 0.407 e. The number of amides is 2. The SMILES string of the molecule is CC(C)(C)OC(=O)NCCC(=O)Nc1cc(S(=O)(=O)N2CCCCC2)ccc1O. The first kappa shape index (κ1) is 23.0. The van der Waals surface area contributed by atoms with Gasteiger partial charge in [-0.15, -0.1) is 0 Å². The molecular formula is C19H29N3O6S. The minimum absolute atomic E-state index is 0.00496. The summed E-state index contributed by atoms with van der Waals surface area (Å²) in [6.45, 7) is 6.14. The third-order valence-electron chi connectivity index (χ3n) is 4.22. The number of alkyl carbamates (subject to hydrolysis) is 1. The zero-order valence-corrected chi connectivity index (χ0v) is 17.8. The van der Waals surface area contributed by atoms with E-state index in [1.165, 1.54) is 22.5 Å². The topological polar surface area (TPSA) is 125 Å². The number of piperidine rings is 1. The summed E-state index contributed by atoms with van der Waals surface area (Å²) in [5.74, 6) is -0.722. The highest BCUT2D eigenvalue weighted by molar-refractivity contribution is 7.89. The normalized spacial score (nSPS) is 15.6. The van der Waals surface area contributed by atoms with Crippen LogP contribution in [0, 0.1) is 0 Å². The molecule has 10 heteroatoms. The molecular weight excluding hydrogens is 398 g/mol. The van der Waals surface area contributed by atoms with E-state index in [1.54, 1.807) is 20.8 Å². The average molecular weight is 428 g/mol. The Kier molecular flexibility index (Phi) is 7.48. The van der Waals surface area contributed by atoms with Crippen molar-refractivity contribution in [3.63, 3.8) is 0 Å². The van der Waals surface area contributed by atoms with Crippen LogP contribution in [0.15, 0.2) is 23.1 Å². The molecule has 0 bridgehead atoms. The maximum Gasteiger partial charge on any atom is 0.407 e. The van der Waals surface area contributed by atoms with Crippen LogP contribution in [0.2, 0.25) is 0 Å². The first-order chi connectivity index (χ1) is 13.5. The lowest BCUT2D eigenvalue weighted by atomic mass is 10.2. The Hall–Kier alpha value is -2.33. The van der Waals surface area contributed by atoms with Crippen LogP contribution in [0.3, 0.4) is 0 Å². The van der Waals surface area contributed by atoms with Gasteiger partial charge in [0, 0.05) is 26.1 Å². The third kappa shape index (κ3) is 6.90. The molecule has 0 aliphatic carbocycles. The van der Waals surface area contributed by atoms with Crippen LogP contribution in [-0.4, -0.2) is 55.1 Å². The van der Waals surface area contributed by atoms with Gasteiger partial charge in [0.15, 0.2) is 0 Å². The van der Waals surface area contributed by atoms with Crippen molar-refractivity contribution >= 4 is 27.7 Å². The highest BCUT2D eigenvalue weighted by Gasteiger charge is 2.26. The van der Waals surface area contributed by atoms with Crippen LogP contribution in [0.4, 0.5) is 10.5 Å². The molecule has 29 heavy (non-hydrogen) atoms. The highest BCUT2D eigenvalue weighted by atomic mass is 32.2. The maximum atomic E-state index is 12.8. The number of benzene rings is 1. The molecule has 1 saturated heterocycles. The molecule has 0 atom stereocenters. The Balaban J connectivity index is 1.97. The first-order valence-corrected chi connectivity index (χ1v) is 11.0. The Morgan fingerprint density at radius 3 is 2.45 bits per heavy atom. The third-order valence-corrected chi connectivity index (χ3v) is 6.11. The zero-order valence-electron chi connectivity index (χ0n) is 17.0. The van der Waals surface area contributed by atoms with Gasteiger partial charge in [-0.05, 0) is 51.8 Å². The molecule has 0 radical (unpaired) electrons. The molecule has 162 valence electrons. The van der Waals surface area contributed by atoms with Crippen LogP contribution in [0.5, 0.6) is 5.75 Å². The first-order valence-electron chi connectivity index (χ1n) is 9.59. The molecule has 0 spiro atoms. The molecule has 3 N–H and O–H groups in total. The molecule has 1 fully saturated rings. The van der Waals surface area contributed by atoms with E-state index >= 15 is 0 Å². The largest absolute Gasteiger partial charge is 0.506 e. The van der Waals surface area contributed by atoms with Crippen molar-refractivity contribution in [2.45, 2.75) is 57.0 Å². The van der Waals surface area contributed by atoms with Crippen molar-refractivity contribution in [1.82, 2.24) is 9.62 Å². The monoisotopic (exact) mass is 427 g/mol. The number of rotatable bonds is 6. The summed E-state index contributed by atoms with van der Waals surface area (Å²) in [5.41, 5.74) is -0.636. The van der Waals surface area contributed by atoms with Gasteiger partial charge >= 0.3 is 6.09 Å². The second kappa shape index (κ2) is 9.45. The molecule has 1 aromatic carbocycles. The minimum Gasteiger partial charge on any atom is -0.506 e. The van der Waals surface area contributed by atoms with Crippen LogP contribution in [0.1, 0.15) is 46.5 Å². The van der Waals surface area contributed by atoms with Crippen molar-refractivity contribution in [3.05, 3.63) is 18.2 Å². The minimum atomic E-state index is -3.69. The molecule has 1 aliphatic heterocycles. The lowest BCUT2D eigenvalue weighted by Crippen LogP contribution is -2.35. The number of anilines is 1. The highest BCUT2D eigenvalue weighted by Crippen LogP contribution is 2.29.